The maximum absolute atomic E-state index is 10.7. The number of carboxylic acid groups (broad SMARTS) is 1. The summed E-state index contributed by atoms with van der Waals surface area (Å²) >= 11 is 0. The first-order chi connectivity index (χ1) is 6.47. The van der Waals surface area contributed by atoms with Crippen LogP contribution in [0.4, 0.5) is 0 Å². The molecule has 1 aliphatic carbocycles. The lowest BCUT2D eigenvalue weighted by Crippen LogP contribution is -2.36. The Balaban J connectivity index is 0.00000196. The highest BCUT2D eigenvalue weighted by atomic mass is 35.5. The van der Waals surface area contributed by atoms with Crippen LogP contribution >= 0.6 is 12.4 Å². The van der Waals surface area contributed by atoms with Crippen LogP contribution < -0.4 is 0 Å². The van der Waals surface area contributed by atoms with E-state index in [4.69, 9.17) is 5.11 Å². The monoisotopic (exact) mass is 236 g/mol. The topological polar surface area (TPSA) is 57.5 Å². The second-order valence-electron chi connectivity index (χ2n) is 5.08. The van der Waals surface area contributed by atoms with E-state index in [9.17, 15) is 9.90 Å². The second-order valence-corrected chi connectivity index (χ2v) is 5.08. The first kappa shape index (κ1) is 14.7. The van der Waals surface area contributed by atoms with Gasteiger partial charge in [0, 0.05) is 12.0 Å². The maximum atomic E-state index is 10.7. The van der Waals surface area contributed by atoms with Crippen LogP contribution in [0.3, 0.4) is 0 Å². The van der Waals surface area contributed by atoms with E-state index >= 15 is 0 Å². The van der Waals surface area contributed by atoms with E-state index in [0.717, 1.165) is 19.3 Å². The van der Waals surface area contributed by atoms with Crippen molar-refractivity contribution in [3.63, 3.8) is 0 Å². The van der Waals surface area contributed by atoms with Crippen molar-refractivity contribution in [3.8, 4) is 0 Å². The molecule has 1 rings (SSSR count). The molecule has 0 aliphatic heterocycles. The fourth-order valence-electron chi connectivity index (χ4n) is 3.07. The van der Waals surface area contributed by atoms with E-state index in [1.54, 1.807) is 0 Å². The summed E-state index contributed by atoms with van der Waals surface area (Å²) in [5.74, 6) is 0.274. The van der Waals surface area contributed by atoms with Crippen molar-refractivity contribution >= 4 is 18.4 Å². The van der Waals surface area contributed by atoms with E-state index in [-0.39, 0.29) is 30.8 Å². The van der Waals surface area contributed by atoms with Gasteiger partial charge in [0.25, 0.3) is 0 Å². The minimum atomic E-state index is -0.791. The van der Waals surface area contributed by atoms with Crippen molar-refractivity contribution in [2.45, 2.75) is 39.5 Å². The molecule has 3 atom stereocenters. The van der Waals surface area contributed by atoms with Gasteiger partial charge in [0.1, 0.15) is 0 Å². The molecule has 2 N–H and O–H groups in total. The summed E-state index contributed by atoms with van der Waals surface area (Å²) in [5, 5.41) is 18.2. The normalized spacial score (nSPS) is 35.7. The highest BCUT2D eigenvalue weighted by molar-refractivity contribution is 5.85. The fraction of sp³-hybridized carbons (Fsp3) is 0.909. The van der Waals surface area contributed by atoms with E-state index in [1.807, 2.05) is 0 Å². The standard InChI is InChI=1S/C11H20O3.ClH/c1-8-3-9(2)5-11(4-8,7-12)6-10(13)14;/h8-9,12H,3-7H2,1-2H3,(H,13,14);1H/t8-,9+,11?;. The molecule has 0 saturated heterocycles. The Hall–Kier alpha value is -0.280. The van der Waals surface area contributed by atoms with Gasteiger partial charge in [-0.25, -0.2) is 0 Å². The molecule has 0 radical (unpaired) electrons. The number of aliphatic hydroxyl groups is 1. The predicted molar refractivity (Wildman–Crippen MR) is 61.2 cm³/mol. The predicted octanol–water partition coefficient (Wildman–Crippen LogP) is 2.32. The minimum absolute atomic E-state index is 0. The summed E-state index contributed by atoms with van der Waals surface area (Å²) in [4.78, 5) is 10.7. The zero-order valence-corrected chi connectivity index (χ0v) is 10.2. The Morgan fingerprint density at radius 3 is 2.13 bits per heavy atom. The molecule has 0 heterocycles. The average molecular weight is 237 g/mol. The molecular formula is C11H21ClO3. The Morgan fingerprint density at radius 1 is 1.33 bits per heavy atom. The number of rotatable bonds is 3. The summed E-state index contributed by atoms with van der Waals surface area (Å²) in [5.41, 5.74) is -0.358. The smallest absolute Gasteiger partial charge is 0.303 e. The van der Waals surface area contributed by atoms with Crippen molar-refractivity contribution < 1.29 is 15.0 Å². The van der Waals surface area contributed by atoms with Gasteiger partial charge in [-0.05, 0) is 31.1 Å². The number of hydrogen-bond donors (Lipinski definition) is 2. The van der Waals surface area contributed by atoms with Crippen LogP contribution in [0, 0.1) is 17.3 Å². The Labute approximate surface area is 97.3 Å². The first-order valence-electron chi connectivity index (χ1n) is 5.30. The van der Waals surface area contributed by atoms with Gasteiger partial charge in [-0.2, -0.15) is 0 Å². The number of halogens is 1. The third kappa shape index (κ3) is 3.99. The molecule has 0 bridgehead atoms. The molecule has 0 aromatic heterocycles. The van der Waals surface area contributed by atoms with Crippen LogP contribution in [0.1, 0.15) is 39.5 Å². The summed E-state index contributed by atoms with van der Waals surface area (Å²) in [7, 11) is 0. The molecular weight excluding hydrogens is 216 g/mol. The molecule has 0 spiro atoms. The fourth-order valence-corrected chi connectivity index (χ4v) is 3.07. The number of carboxylic acids is 1. The van der Waals surface area contributed by atoms with Gasteiger partial charge in [-0.1, -0.05) is 13.8 Å². The zero-order valence-electron chi connectivity index (χ0n) is 9.40. The molecule has 90 valence electrons. The highest BCUT2D eigenvalue weighted by Gasteiger charge is 2.39. The lowest BCUT2D eigenvalue weighted by Gasteiger charge is -2.40. The zero-order chi connectivity index (χ0) is 10.8. The molecule has 1 saturated carbocycles. The van der Waals surface area contributed by atoms with E-state index in [0.29, 0.717) is 11.8 Å². The van der Waals surface area contributed by atoms with Gasteiger partial charge in [0.05, 0.1) is 6.42 Å². The second kappa shape index (κ2) is 5.71. The van der Waals surface area contributed by atoms with E-state index < -0.39 is 5.97 Å². The van der Waals surface area contributed by atoms with Gasteiger partial charge >= 0.3 is 5.97 Å². The summed E-state index contributed by atoms with van der Waals surface area (Å²) in [6, 6.07) is 0. The highest BCUT2D eigenvalue weighted by Crippen LogP contribution is 2.44. The molecule has 4 heteroatoms. The van der Waals surface area contributed by atoms with Crippen LogP contribution in [-0.2, 0) is 4.79 Å². The van der Waals surface area contributed by atoms with Crippen LogP contribution in [0.15, 0.2) is 0 Å². The molecule has 1 unspecified atom stereocenters. The van der Waals surface area contributed by atoms with Crippen LogP contribution in [-0.4, -0.2) is 22.8 Å². The average Bonchev–Trinajstić information content (AvgIpc) is 2.00. The Bertz CT molecular complexity index is 208. The third-order valence-electron chi connectivity index (χ3n) is 3.23. The Morgan fingerprint density at radius 2 is 1.80 bits per heavy atom. The first-order valence-corrected chi connectivity index (χ1v) is 5.30. The van der Waals surface area contributed by atoms with Crippen molar-refractivity contribution in [1.82, 2.24) is 0 Å². The van der Waals surface area contributed by atoms with Gasteiger partial charge in [0.15, 0.2) is 0 Å². The lowest BCUT2D eigenvalue weighted by atomic mass is 9.65. The molecule has 0 aromatic carbocycles. The van der Waals surface area contributed by atoms with Crippen LogP contribution in [0.25, 0.3) is 0 Å². The van der Waals surface area contributed by atoms with Gasteiger partial charge in [-0.15, -0.1) is 12.4 Å². The van der Waals surface area contributed by atoms with Crippen molar-refractivity contribution in [3.05, 3.63) is 0 Å². The summed E-state index contributed by atoms with van der Waals surface area (Å²) in [6.45, 7) is 4.29. The SMILES string of the molecule is C[C@@H]1C[C@H](C)CC(CO)(CC(=O)O)C1.Cl. The molecule has 3 nitrogen and oxygen atoms in total. The molecule has 1 aliphatic rings. The minimum Gasteiger partial charge on any atom is -0.481 e. The van der Waals surface area contributed by atoms with Crippen molar-refractivity contribution in [1.29, 1.82) is 0 Å². The van der Waals surface area contributed by atoms with Gasteiger partial charge in [0.2, 0.25) is 0 Å². The van der Waals surface area contributed by atoms with Crippen LogP contribution in [0.2, 0.25) is 0 Å². The third-order valence-corrected chi connectivity index (χ3v) is 3.23. The van der Waals surface area contributed by atoms with E-state index in [1.165, 1.54) is 0 Å². The quantitative estimate of drug-likeness (QED) is 0.791. The van der Waals surface area contributed by atoms with Crippen molar-refractivity contribution in [2.75, 3.05) is 6.61 Å². The largest absolute Gasteiger partial charge is 0.481 e. The van der Waals surface area contributed by atoms with E-state index in [2.05, 4.69) is 13.8 Å². The number of aliphatic carboxylic acids is 1. The molecule has 15 heavy (non-hydrogen) atoms. The van der Waals surface area contributed by atoms with Crippen molar-refractivity contribution in [2.24, 2.45) is 17.3 Å². The maximum Gasteiger partial charge on any atom is 0.303 e. The Kier molecular flexibility index (Phi) is 5.60. The number of carbonyl (C=O) groups is 1. The van der Waals surface area contributed by atoms with Gasteiger partial charge in [-0.3, -0.25) is 4.79 Å². The molecule has 1 fully saturated rings. The number of hydrogen-bond acceptors (Lipinski definition) is 2. The van der Waals surface area contributed by atoms with Crippen LogP contribution in [0.5, 0.6) is 0 Å². The summed E-state index contributed by atoms with van der Waals surface area (Å²) < 4.78 is 0. The summed E-state index contributed by atoms with van der Waals surface area (Å²) in [6.07, 6.45) is 2.96. The van der Waals surface area contributed by atoms with Gasteiger partial charge < -0.3 is 10.2 Å². The lowest BCUT2D eigenvalue weighted by molar-refractivity contribution is -0.142. The molecule has 0 amide bonds. The number of aliphatic hydroxyl groups excluding tert-OH is 1. The molecule has 0 aromatic rings.